The number of hydrogen-bond donors (Lipinski definition) is 1. The highest BCUT2D eigenvalue weighted by Gasteiger charge is 2.17. The number of nitrogens with two attached hydrogens (primary N) is 1. The van der Waals surface area contributed by atoms with Crippen LogP contribution in [0.25, 0.3) is 27.7 Å². The first-order valence-corrected chi connectivity index (χ1v) is 9.15. The van der Waals surface area contributed by atoms with E-state index in [4.69, 9.17) is 5.14 Å². The second-order valence-corrected chi connectivity index (χ2v) is 7.43. The summed E-state index contributed by atoms with van der Waals surface area (Å²) in [5, 5.41) is 20.0. The van der Waals surface area contributed by atoms with Gasteiger partial charge in [0.1, 0.15) is 0 Å². The van der Waals surface area contributed by atoms with Crippen molar-refractivity contribution in [2.75, 3.05) is 0 Å². The van der Waals surface area contributed by atoms with Crippen LogP contribution in [0, 0.1) is 13.8 Å². The van der Waals surface area contributed by atoms with E-state index in [1.807, 2.05) is 37.3 Å². The fourth-order valence-electron chi connectivity index (χ4n) is 2.95. The summed E-state index contributed by atoms with van der Waals surface area (Å²) in [6.45, 7) is 3.53. The lowest BCUT2D eigenvalue weighted by atomic mass is 10.0. The van der Waals surface area contributed by atoms with Crippen molar-refractivity contribution in [2.45, 2.75) is 18.7 Å². The van der Waals surface area contributed by atoms with Gasteiger partial charge in [0.15, 0.2) is 11.5 Å². The molecule has 0 fully saturated rings. The van der Waals surface area contributed by atoms with Crippen LogP contribution in [0.5, 0.6) is 0 Å². The molecular formula is C17H15N5O2S. The van der Waals surface area contributed by atoms with E-state index >= 15 is 0 Å². The highest BCUT2D eigenvalue weighted by atomic mass is 32.2. The van der Waals surface area contributed by atoms with Crippen LogP contribution in [-0.4, -0.2) is 28.2 Å². The predicted octanol–water partition coefficient (Wildman–Crippen LogP) is 2.21. The van der Waals surface area contributed by atoms with Crippen LogP contribution >= 0.6 is 0 Å². The summed E-state index contributed by atoms with van der Waals surface area (Å²) in [7, 11) is -3.82. The molecule has 0 saturated carbocycles. The minimum atomic E-state index is -3.82. The second-order valence-electron chi connectivity index (χ2n) is 5.90. The third-order valence-corrected chi connectivity index (χ3v) is 5.24. The molecule has 7 nitrogen and oxygen atoms in total. The average Bonchev–Trinajstić information content (AvgIpc) is 2.95. The van der Waals surface area contributed by atoms with E-state index in [9.17, 15) is 8.42 Å². The lowest BCUT2D eigenvalue weighted by molar-refractivity contribution is 0.597. The van der Waals surface area contributed by atoms with Gasteiger partial charge in [0.2, 0.25) is 10.0 Å². The third-order valence-electron chi connectivity index (χ3n) is 4.19. The van der Waals surface area contributed by atoms with Crippen LogP contribution in [0.2, 0.25) is 0 Å². The van der Waals surface area contributed by atoms with Crippen molar-refractivity contribution < 1.29 is 8.42 Å². The molecule has 0 aliphatic carbocycles. The van der Waals surface area contributed by atoms with E-state index in [-0.39, 0.29) is 4.90 Å². The first-order chi connectivity index (χ1) is 11.9. The van der Waals surface area contributed by atoms with Crippen molar-refractivity contribution in [1.29, 1.82) is 0 Å². The molecule has 2 aromatic carbocycles. The molecule has 4 rings (SSSR count). The molecule has 4 aromatic rings. The van der Waals surface area contributed by atoms with Crippen molar-refractivity contribution in [1.82, 2.24) is 19.8 Å². The Morgan fingerprint density at radius 1 is 1.00 bits per heavy atom. The molecule has 0 bridgehead atoms. The van der Waals surface area contributed by atoms with Crippen molar-refractivity contribution in [3.8, 4) is 11.3 Å². The zero-order chi connectivity index (χ0) is 17.8. The lowest BCUT2D eigenvalue weighted by Gasteiger charge is -2.10. The van der Waals surface area contributed by atoms with Crippen LogP contribution in [0.3, 0.4) is 0 Å². The van der Waals surface area contributed by atoms with Crippen molar-refractivity contribution in [3.05, 3.63) is 53.9 Å². The molecule has 0 atom stereocenters. The summed E-state index contributed by atoms with van der Waals surface area (Å²) in [6, 6.07) is 12.8. The Labute approximate surface area is 144 Å². The van der Waals surface area contributed by atoms with Gasteiger partial charge in [-0.05, 0) is 25.5 Å². The molecule has 2 N–H and O–H groups in total. The molecule has 0 saturated heterocycles. The van der Waals surface area contributed by atoms with Crippen LogP contribution in [0.15, 0.2) is 47.4 Å². The Balaban J connectivity index is 2.12. The van der Waals surface area contributed by atoms with Gasteiger partial charge in [-0.1, -0.05) is 36.4 Å². The number of primary sulfonamides is 1. The highest BCUT2D eigenvalue weighted by molar-refractivity contribution is 7.89. The molecule has 0 radical (unpaired) electrons. The van der Waals surface area contributed by atoms with Crippen molar-refractivity contribution >= 4 is 26.4 Å². The van der Waals surface area contributed by atoms with Crippen molar-refractivity contribution in [3.63, 3.8) is 0 Å². The van der Waals surface area contributed by atoms with Crippen LogP contribution in [-0.2, 0) is 10.0 Å². The Bertz CT molecular complexity index is 1240. The molecule has 0 amide bonds. The molecule has 0 aliphatic heterocycles. The Morgan fingerprint density at radius 2 is 1.72 bits per heavy atom. The Kier molecular flexibility index (Phi) is 3.34. The minimum absolute atomic E-state index is 0.0939. The molecule has 8 heteroatoms. The number of rotatable bonds is 2. The quantitative estimate of drug-likeness (QED) is 0.595. The number of hydrogen-bond acceptors (Lipinski definition) is 5. The first-order valence-electron chi connectivity index (χ1n) is 7.61. The van der Waals surface area contributed by atoms with E-state index in [1.54, 1.807) is 23.6 Å². The van der Waals surface area contributed by atoms with E-state index in [1.165, 1.54) is 0 Å². The summed E-state index contributed by atoms with van der Waals surface area (Å²) in [6.07, 6.45) is 0. The van der Waals surface area contributed by atoms with Gasteiger partial charge >= 0.3 is 0 Å². The maximum absolute atomic E-state index is 11.9. The first kappa shape index (κ1) is 15.7. The minimum Gasteiger partial charge on any atom is -0.225 e. The smallest absolute Gasteiger partial charge is 0.225 e. The van der Waals surface area contributed by atoms with Gasteiger partial charge in [-0.15, -0.1) is 10.2 Å². The fourth-order valence-corrected chi connectivity index (χ4v) is 3.76. The summed E-state index contributed by atoms with van der Waals surface area (Å²) >= 11 is 0. The maximum atomic E-state index is 11.9. The van der Waals surface area contributed by atoms with E-state index in [0.29, 0.717) is 28.3 Å². The SMILES string of the molecule is Cc1ccc(-c2nn3c(C)nnc3c3ccccc23)cc1S(N)(=O)=O. The number of sulfonamides is 1. The molecule has 25 heavy (non-hydrogen) atoms. The van der Waals surface area contributed by atoms with Gasteiger partial charge in [-0.2, -0.15) is 9.61 Å². The van der Waals surface area contributed by atoms with Gasteiger partial charge in [-0.25, -0.2) is 13.6 Å². The summed E-state index contributed by atoms with van der Waals surface area (Å²) in [4.78, 5) is 0.0939. The number of aryl methyl sites for hydroxylation is 2. The van der Waals surface area contributed by atoms with Crippen molar-refractivity contribution in [2.24, 2.45) is 5.14 Å². The largest absolute Gasteiger partial charge is 0.238 e. The topological polar surface area (TPSA) is 103 Å². The van der Waals surface area contributed by atoms with Gasteiger partial charge in [0, 0.05) is 16.3 Å². The van der Waals surface area contributed by atoms with Gasteiger partial charge in [-0.3, -0.25) is 0 Å². The molecule has 0 aliphatic rings. The van der Waals surface area contributed by atoms with Gasteiger partial charge < -0.3 is 0 Å². The molecule has 0 spiro atoms. The standard InChI is InChI=1S/C17H15N5O2S/c1-10-7-8-12(9-15(10)25(18,23)24)16-13-5-3-4-6-14(13)17-20-19-11(2)22(17)21-16/h3-9H,1-2H3,(H2,18,23,24). The van der Waals surface area contributed by atoms with E-state index < -0.39 is 10.0 Å². The number of benzene rings is 2. The normalized spacial score (nSPS) is 12.1. The monoisotopic (exact) mass is 353 g/mol. The molecule has 2 heterocycles. The molecule has 0 unspecified atom stereocenters. The summed E-state index contributed by atoms with van der Waals surface area (Å²) in [5.41, 5.74) is 2.57. The summed E-state index contributed by atoms with van der Waals surface area (Å²) < 4.78 is 25.4. The Hall–Kier alpha value is -2.84. The maximum Gasteiger partial charge on any atom is 0.238 e. The average molecular weight is 353 g/mol. The predicted molar refractivity (Wildman–Crippen MR) is 94.6 cm³/mol. The molecular weight excluding hydrogens is 338 g/mol. The van der Waals surface area contributed by atoms with Crippen LogP contribution < -0.4 is 5.14 Å². The zero-order valence-electron chi connectivity index (χ0n) is 13.6. The number of nitrogens with zero attached hydrogens (tertiary/aromatic N) is 4. The van der Waals surface area contributed by atoms with E-state index in [2.05, 4.69) is 15.3 Å². The molecule has 2 aromatic heterocycles. The van der Waals surface area contributed by atoms with Crippen LogP contribution in [0.4, 0.5) is 0 Å². The fraction of sp³-hybridized carbons (Fsp3) is 0.118. The van der Waals surface area contributed by atoms with Gasteiger partial charge in [0.05, 0.1) is 10.6 Å². The second kappa shape index (κ2) is 5.33. The Morgan fingerprint density at radius 3 is 2.44 bits per heavy atom. The van der Waals surface area contributed by atoms with Gasteiger partial charge in [0.25, 0.3) is 0 Å². The molecule has 126 valence electrons. The lowest BCUT2D eigenvalue weighted by Crippen LogP contribution is -2.13. The summed E-state index contributed by atoms with van der Waals surface area (Å²) in [5.74, 6) is 0.654. The number of aromatic nitrogens is 4. The number of fused-ring (bicyclic) bond motifs is 3. The third kappa shape index (κ3) is 2.46. The zero-order valence-corrected chi connectivity index (χ0v) is 14.4. The van der Waals surface area contributed by atoms with Crippen LogP contribution in [0.1, 0.15) is 11.4 Å². The van der Waals surface area contributed by atoms with E-state index in [0.717, 1.165) is 10.8 Å². The highest BCUT2D eigenvalue weighted by Crippen LogP contribution is 2.30.